The van der Waals surface area contributed by atoms with Gasteiger partial charge in [-0.15, -0.1) is 0 Å². The van der Waals surface area contributed by atoms with Crippen LogP contribution in [-0.4, -0.2) is 56.6 Å². The normalized spacial score (nSPS) is 20.6. The molecule has 2 fully saturated rings. The monoisotopic (exact) mass is 404 g/mol. The van der Waals surface area contributed by atoms with E-state index in [2.05, 4.69) is 5.32 Å². The zero-order chi connectivity index (χ0) is 21.0. The highest BCUT2D eigenvalue weighted by atomic mass is 16.5. The van der Waals surface area contributed by atoms with Crippen molar-refractivity contribution in [2.24, 2.45) is 11.8 Å². The van der Waals surface area contributed by atoms with Gasteiger partial charge in [0.1, 0.15) is 0 Å². The van der Waals surface area contributed by atoms with Crippen molar-refractivity contribution in [2.75, 3.05) is 39.2 Å². The first kappa shape index (κ1) is 21.0. The van der Waals surface area contributed by atoms with Gasteiger partial charge in [0.05, 0.1) is 25.5 Å². The minimum Gasteiger partial charge on any atom is -0.493 e. The fraction of sp³-hybridized carbons (Fsp3) is 0.571. The molecule has 1 saturated heterocycles. The Hall–Kier alpha value is -2.77. The Kier molecular flexibility index (Phi) is 6.61. The maximum Gasteiger partial charge on any atom is 0.340 e. The number of hydrogen-bond donors (Lipinski definition) is 1. The van der Waals surface area contributed by atoms with Crippen molar-refractivity contribution < 1.29 is 28.6 Å². The molecule has 1 heterocycles. The Balaban J connectivity index is 1.74. The van der Waals surface area contributed by atoms with Crippen LogP contribution in [-0.2, 0) is 14.3 Å². The van der Waals surface area contributed by atoms with Crippen LogP contribution in [0.15, 0.2) is 12.1 Å². The zero-order valence-corrected chi connectivity index (χ0v) is 17.2. The van der Waals surface area contributed by atoms with Crippen molar-refractivity contribution in [3.8, 4) is 11.5 Å². The number of nitrogens with one attached hydrogen (secondary N) is 1. The van der Waals surface area contributed by atoms with Crippen LogP contribution in [0.25, 0.3) is 0 Å². The van der Waals surface area contributed by atoms with Gasteiger partial charge in [0.25, 0.3) is 5.91 Å². The lowest BCUT2D eigenvalue weighted by Crippen LogP contribution is -2.38. The summed E-state index contributed by atoms with van der Waals surface area (Å²) in [6.07, 6.45) is 3.86. The molecule has 1 aliphatic heterocycles. The van der Waals surface area contributed by atoms with Crippen molar-refractivity contribution in [1.29, 1.82) is 0 Å². The smallest absolute Gasteiger partial charge is 0.340 e. The summed E-state index contributed by atoms with van der Waals surface area (Å²) in [5.74, 6) is -0.0814. The average molecular weight is 404 g/mol. The van der Waals surface area contributed by atoms with E-state index in [0.717, 1.165) is 25.7 Å². The largest absolute Gasteiger partial charge is 0.493 e. The minimum absolute atomic E-state index is 0.0624. The summed E-state index contributed by atoms with van der Waals surface area (Å²) in [5, 5.41) is 2.79. The van der Waals surface area contributed by atoms with Crippen LogP contribution in [0.3, 0.4) is 0 Å². The highest BCUT2D eigenvalue weighted by molar-refractivity contribution is 6.03. The van der Waals surface area contributed by atoms with Gasteiger partial charge in [-0.2, -0.15) is 0 Å². The summed E-state index contributed by atoms with van der Waals surface area (Å²) in [6, 6.07) is 2.99. The van der Waals surface area contributed by atoms with Gasteiger partial charge in [-0.1, -0.05) is 6.92 Å². The lowest BCUT2D eigenvalue weighted by atomic mass is 10.1. The Morgan fingerprint density at radius 2 is 1.69 bits per heavy atom. The van der Waals surface area contributed by atoms with Gasteiger partial charge in [0.2, 0.25) is 5.91 Å². The van der Waals surface area contributed by atoms with Crippen molar-refractivity contribution in [1.82, 2.24) is 4.90 Å². The molecular formula is C21H28N2O6. The number of anilines is 1. The lowest BCUT2D eigenvalue weighted by molar-refractivity contribution is -0.135. The van der Waals surface area contributed by atoms with Gasteiger partial charge < -0.3 is 24.4 Å². The predicted molar refractivity (Wildman–Crippen MR) is 106 cm³/mol. The molecule has 1 aliphatic carbocycles. The van der Waals surface area contributed by atoms with Crippen LogP contribution >= 0.6 is 0 Å². The Morgan fingerprint density at radius 3 is 2.28 bits per heavy atom. The molecule has 0 spiro atoms. The number of carbonyl (C=O) groups excluding carboxylic acids is 3. The molecular weight excluding hydrogens is 376 g/mol. The van der Waals surface area contributed by atoms with Crippen LogP contribution in [0.1, 0.15) is 43.0 Å². The molecule has 1 N–H and O–H groups in total. The quantitative estimate of drug-likeness (QED) is 0.702. The van der Waals surface area contributed by atoms with Crippen molar-refractivity contribution in [2.45, 2.75) is 32.6 Å². The van der Waals surface area contributed by atoms with Gasteiger partial charge in [0, 0.05) is 31.1 Å². The molecule has 1 aromatic rings. The fourth-order valence-electron chi connectivity index (χ4n) is 3.50. The molecule has 2 aliphatic rings. The molecule has 1 aromatic carbocycles. The molecule has 8 nitrogen and oxygen atoms in total. The highest BCUT2D eigenvalue weighted by Crippen LogP contribution is 2.40. The fourth-order valence-corrected chi connectivity index (χ4v) is 3.50. The standard InChI is InChI=1S/C21H28N2O6/c1-13-9-14(13)20(25)22-16-11-18(28-3)17(27-2)10-15(16)21(26)29-12-19(24)23-7-5-4-6-8-23/h10-11,13-14H,4-9,12H2,1-3H3,(H,22,25). The number of hydrogen-bond acceptors (Lipinski definition) is 6. The average Bonchev–Trinajstić information content (AvgIpc) is 3.48. The van der Waals surface area contributed by atoms with E-state index in [1.54, 1.807) is 4.90 Å². The molecule has 158 valence electrons. The number of likely N-dealkylation sites (tertiary alicyclic amines) is 1. The van der Waals surface area contributed by atoms with E-state index in [-0.39, 0.29) is 35.6 Å². The number of ether oxygens (including phenoxy) is 3. The predicted octanol–water partition coefficient (Wildman–Crippen LogP) is 2.47. The number of nitrogens with zero attached hydrogens (tertiary/aromatic N) is 1. The number of piperidine rings is 1. The Bertz CT molecular complexity index is 788. The number of amides is 2. The molecule has 1 saturated carbocycles. The van der Waals surface area contributed by atoms with E-state index in [1.807, 2.05) is 6.92 Å². The first-order valence-corrected chi connectivity index (χ1v) is 9.96. The molecule has 2 atom stereocenters. The van der Waals surface area contributed by atoms with Crippen LogP contribution in [0.2, 0.25) is 0 Å². The van der Waals surface area contributed by atoms with Gasteiger partial charge in [-0.25, -0.2) is 4.79 Å². The summed E-state index contributed by atoms with van der Waals surface area (Å²) in [7, 11) is 2.93. The zero-order valence-electron chi connectivity index (χ0n) is 17.2. The Morgan fingerprint density at radius 1 is 1.07 bits per heavy atom. The van der Waals surface area contributed by atoms with E-state index >= 15 is 0 Å². The van der Waals surface area contributed by atoms with Gasteiger partial charge in [-0.3, -0.25) is 9.59 Å². The van der Waals surface area contributed by atoms with E-state index in [1.165, 1.54) is 26.4 Å². The maximum atomic E-state index is 12.7. The van der Waals surface area contributed by atoms with Crippen molar-refractivity contribution in [3.05, 3.63) is 17.7 Å². The topological polar surface area (TPSA) is 94.2 Å². The Labute approximate surface area is 170 Å². The van der Waals surface area contributed by atoms with Crippen LogP contribution in [0.5, 0.6) is 11.5 Å². The molecule has 0 aromatic heterocycles. The number of methoxy groups -OCH3 is 2. The molecule has 2 unspecified atom stereocenters. The second kappa shape index (κ2) is 9.15. The highest BCUT2D eigenvalue weighted by Gasteiger charge is 2.39. The second-order valence-corrected chi connectivity index (χ2v) is 7.58. The lowest BCUT2D eigenvalue weighted by Gasteiger charge is -2.26. The summed E-state index contributed by atoms with van der Waals surface area (Å²) in [4.78, 5) is 39.1. The maximum absolute atomic E-state index is 12.7. The van der Waals surface area contributed by atoms with Gasteiger partial charge >= 0.3 is 5.97 Å². The number of benzene rings is 1. The van der Waals surface area contributed by atoms with Gasteiger partial charge in [-0.05, 0) is 31.6 Å². The summed E-state index contributed by atoms with van der Waals surface area (Å²) < 4.78 is 15.8. The second-order valence-electron chi connectivity index (χ2n) is 7.58. The van der Waals surface area contributed by atoms with Crippen LogP contribution in [0.4, 0.5) is 5.69 Å². The van der Waals surface area contributed by atoms with E-state index in [0.29, 0.717) is 30.5 Å². The van der Waals surface area contributed by atoms with Gasteiger partial charge in [0.15, 0.2) is 18.1 Å². The van der Waals surface area contributed by atoms with Crippen LogP contribution in [0, 0.1) is 11.8 Å². The first-order chi connectivity index (χ1) is 13.9. The third kappa shape index (κ3) is 4.99. The SMILES string of the molecule is COc1cc(NC(=O)C2CC2C)c(C(=O)OCC(=O)N2CCCCC2)cc1OC. The summed E-state index contributed by atoms with van der Waals surface area (Å²) in [5.41, 5.74) is 0.401. The minimum atomic E-state index is -0.699. The van der Waals surface area contributed by atoms with Crippen LogP contribution < -0.4 is 14.8 Å². The van der Waals surface area contributed by atoms with E-state index in [4.69, 9.17) is 14.2 Å². The van der Waals surface area contributed by atoms with E-state index < -0.39 is 5.97 Å². The molecule has 3 rings (SSSR count). The molecule has 8 heteroatoms. The molecule has 2 amide bonds. The van der Waals surface area contributed by atoms with Crippen molar-refractivity contribution in [3.63, 3.8) is 0 Å². The summed E-state index contributed by atoms with van der Waals surface area (Å²) in [6.45, 7) is 3.04. The number of esters is 1. The summed E-state index contributed by atoms with van der Waals surface area (Å²) >= 11 is 0. The molecule has 0 bridgehead atoms. The van der Waals surface area contributed by atoms with Crippen molar-refractivity contribution >= 4 is 23.5 Å². The number of carbonyl (C=O) groups is 3. The molecule has 0 radical (unpaired) electrons. The first-order valence-electron chi connectivity index (χ1n) is 9.96. The number of rotatable bonds is 7. The third-order valence-corrected chi connectivity index (χ3v) is 5.48. The molecule has 29 heavy (non-hydrogen) atoms. The van der Waals surface area contributed by atoms with E-state index in [9.17, 15) is 14.4 Å². The third-order valence-electron chi connectivity index (χ3n) is 5.48.